The van der Waals surface area contributed by atoms with Gasteiger partial charge in [0, 0.05) is 23.7 Å². The fraction of sp³-hybridized carbons (Fsp3) is 0.231. The summed E-state index contributed by atoms with van der Waals surface area (Å²) in [6.07, 6.45) is 6.30. The Morgan fingerprint density at radius 1 is 1.19 bits per heavy atom. The topological polar surface area (TPSA) is 45.8 Å². The molecule has 3 rings (SSSR count). The monoisotopic (exact) mass is 212 g/mol. The van der Waals surface area contributed by atoms with Crippen molar-refractivity contribution in [3.63, 3.8) is 0 Å². The van der Waals surface area contributed by atoms with E-state index in [1.54, 1.807) is 6.20 Å². The minimum Gasteiger partial charge on any atom is -0.294 e. The van der Waals surface area contributed by atoms with Gasteiger partial charge in [0.15, 0.2) is 5.78 Å². The van der Waals surface area contributed by atoms with Gasteiger partial charge in [-0.1, -0.05) is 12.1 Å². The molecule has 0 saturated heterocycles. The van der Waals surface area contributed by atoms with Crippen LogP contribution < -0.4 is 0 Å². The molecule has 0 aliphatic heterocycles. The Labute approximate surface area is 93.5 Å². The number of aryl methyl sites for hydroxylation is 1. The third-order valence-corrected chi connectivity index (χ3v) is 3.09. The van der Waals surface area contributed by atoms with Gasteiger partial charge in [0.05, 0.1) is 6.20 Å². The van der Waals surface area contributed by atoms with Gasteiger partial charge in [-0.25, -0.2) is 0 Å². The van der Waals surface area contributed by atoms with Gasteiger partial charge in [-0.15, -0.1) is 0 Å². The van der Waals surface area contributed by atoms with Crippen LogP contribution in [0, 0.1) is 0 Å². The van der Waals surface area contributed by atoms with E-state index in [2.05, 4.69) is 22.3 Å². The predicted octanol–water partition coefficient (Wildman–Crippen LogP) is 2.60. The molecule has 1 aliphatic rings. The second kappa shape index (κ2) is 3.59. The average Bonchev–Trinajstić information content (AvgIpc) is 2.83. The largest absolute Gasteiger partial charge is 0.294 e. The first-order valence-corrected chi connectivity index (χ1v) is 5.50. The summed E-state index contributed by atoms with van der Waals surface area (Å²) in [4.78, 5) is 11.8. The van der Waals surface area contributed by atoms with Gasteiger partial charge in [0.1, 0.15) is 0 Å². The third-order valence-electron chi connectivity index (χ3n) is 3.09. The lowest BCUT2D eigenvalue weighted by Gasteiger charge is -2.15. The van der Waals surface area contributed by atoms with E-state index in [9.17, 15) is 4.79 Å². The van der Waals surface area contributed by atoms with Crippen molar-refractivity contribution in [2.24, 2.45) is 0 Å². The number of fused-ring (bicyclic) bond motifs is 1. The lowest BCUT2D eigenvalue weighted by Crippen LogP contribution is -2.10. The maximum absolute atomic E-state index is 11.8. The molecule has 1 aliphatic carbocycles. The average molecular weight is 212 g/mol. The highest BCUT2D eigenvalue weighted by atomic mass is 16.1. The van der Waals surface area contributed by atoms with Gasteiger partial charge in [-0.05, 0) is 30.0 Å². The zero-order chi connectivity index (χ0) is 11.0. The van der Waals surface area contributed by atoms with Gasteiger partial charge >= 0.3 is 0 Å². The van der Waals surface area contributed by atoms with E-state index in [0.717, 1.165) is 29.5 Å². The van der Waals surface area contributed by atoms with Crippen LogP contribution in [0.3, 0.4) is 0 Å². The molecule has 80 valence electrons. The fourth-order valence-electron chi connectivity index (χ4n) is 2.22. The second-order valence-electron chi connectivity index (χ2n) is 4.14. The number of benzene rings is 1. The molecule has 16 heavy (non-hydrogen) atoms. The fourth-order valence-corrected chi connectivity index (χ4v) is 2.22. The summed E-state index contributed by atoms with van der Waals surface area (Å²) in [5.41, 5.74) is 4.16. The molecule has 0 unspecified atom stereocenters. The summed E-state index contributed by atoms with van der Waals surface area (Å²) in [5.74, 6) is 0.270. The standard InChI is InChI=1S/C13H12N2O/c16-13-3-1-2-9-4-5-10(6-12(9)13)11-7-14-15-8-11/h4-8H,1-3H2,(H,14,15). The summed E-state index contributed by atoms with van der Waals surface area (Å²) < 4.78 is 0. The van der Waals surface area contributed by atoms with Gasteiger partial charge < -0.3 is 0 Å². The first-order valence-electron chi connectivity index (χ1n) is 5.50. The summed E-state index contributed by atoms with van der Waals surface area (Å²) in [6, 6.07) is 6.11. The highest BCUT2D eigenvalue weighted by molar-refractivity contribution is 5.99. The molecular formula is C13H12N2O. The van der Waals surface area contributed by atoms with Gasteiger partial charge in [0.2, 0.25) is 0 Å². The highest BCUT2D eigenvalue weighted by Gasteiger charge is 2.17. The molecule has 0 saturated carbocycles. The Morgan fingerprint density at radius 3 is 2.94 bits per heavy atom. The number of nitrogens with zero attached hydrogens (tertiary/aromatic N) is 1. The van der Waals surface area contributed by atoms with Crippen molar-refractivity contribution in [3.05, 3.63) is 41.7 Å². The Bertz CT molecular complexity index is 529. The van der Waals surface area contributed by atoms with E-state index in [1.807, 2.05) is 12.3 Å². The van der Waals surface area contributed by atoms with E-state index < -0.39 is 0 Å². The molecule has 1 N–H and O–H groups in total. The van der Waals surface area contributed by atoms with E-state index in [-0.39, 0.29) is 5.78 Å². The number of hydrogen-bond donors (Lipinski definition) is 1. The quantitative estimate of drug-likeness (QED) is 0.789. The first kappa shape index (κ1) is 9.33. The highest BCUT2D eigenvalue weighted by Crippen LogP contribution is 2.26. The minimum atomic E-state index is 0.270. The maximum atomic E-state index is 11.8. The van der Waals surface area contributed by atoms with Gasteiger partial charge in [-0.3, -0.25) is 9.89 Å². The molecule has 2 aromatic rings. The molecule has 0 spiro atoms. The normalized spacial score (nSPS) is 14.9. The van der Waals surface area contributed by atoms with Gasteiger partial charge in [0.25, 0.3) is 0 Å². The second-order valence-corrected chi connectivity index (χ2v) is 4.14. The van der Waals surface area contributed by atoms with Crippen LogP contribution in [-0.4, -0.2) is 16.0 Å². The van der Waals surface area contributed by atoms with Crippen molar-refractivity contribution in [2.75, 3.05) is 0 Å². The van der Waals surface area contributed by atoms with Crippen molar-refractivity contribution in [1.82, 2.24) is 10.2 Å². The number of H-pyrrole nitrogens is 1. The molecule has 1 aromatic carbocycles. The molecule has 3 heteroatoms. The lowest BCUT2D eigenvalue weighted by atomic mass is 9.88. The summed E-state index contributed by atoms with van der Waals surface area (Å²) in [6.45, 7) is 0. The van der Waals surface area contributed by atoms with Crippen LogP contribution in [0.15, 0.2) is 30.6 Å². The van der Waals surface area contributed by atoms with E-state index in [4.69, 9.17) is 0 Å². The van der Waals surface area contributed by atoms with Crippen molar-refractivity contribution < 1.29 is 4.79 Å². The van der Waals surface area contributed by atoms with E-state index in [1.165, 1.54) is 5.56 Å². The summed E-state index contributed by atoms with van der Waals surface area (Å²) in [7, 11) is 0. The Morgan fingerprint density at radius 2 is 2.12 bits per heavy atom. The third kappa shape index (κ3) is 1.45. The summed E-state index contributed by atoms with van der Waals surface area (Å²) >= 11 is 0. The molecule has 0 bridgehead atoms. The number of carbonyl (C=O) groups is 1. The smallest absolute Gasteiger partial charge is 0.163 e. The maximum Gasteiger partial charge on any atom is 0.163 e. The molecule has 0 radical (unpaired) electrons. The van der Waals surface area contributed by atoms with Crippen LogP contribution in [0.25, 0.3) is 11.1 Å². The zero-order valence-electron chi connectivity index (χ0n) is 8.86. The van der Waals surface area contributed by atoms with Crippen LogP contribution in [-0.2, 0) is 6.42 Å². The van der Waals surface area contributed by atoms with E-state index in [0.29, 0.717) is 6.42 Å². The zero-order valence-corrected chi connectivity index (χ0v) is 8.86. The number of Topliss-reactive ketones (excluding diaryl/α,β-unsaturated/α-hetero) is 1. The number of rotatable bonds is 1. The van der Waals surface area contributed by atoms with Gasteiger partial charge in [-0.2, -0.15) is 5.10 Å². The molecule has 0 fully saturated rings. The Hall–Kier alpha value is -1.90. The van der Waals surface area contributed by atoms with Crippen LogP contribution in [0.5, 0.6) is 0 Å². The van der Waals surface area contributed by atoms with Crippen molar-refractivity contribution in [3.8, 4) is 11.1 Å². The molecule has 0 atom stereocenters. The molecule has 1 heterocycles. The molecule has 3 nitrogen and oxygen atoms in total. The summed E-state index contributed by atoms with van der Waals surface area (Å²) in [5, 5.41) is 6.70. The van der Waals surface area contributed by atoms with Crippen molar-refractivity contribution >= 4 is 5.78 Å². The predicted molar refractivity (Wildman–Crippen MR) is 61.3 cm³/mol. The van der Waals surface area contributed by atoms with Crippen molar-refractivity contribution in [2.45, 2.75) is 19.3 Å². The number of ketones is 1. The van der Waals surface area contributed by atoms with Crippen LogP contribution >= 0.6 is 0 Å². The Kier molecular flexibility index (Phi) is 2.10. The minimum absolute atomic E-state index is 0.270. The Balaban J connectivity index is 2.11. The van der Waals surface area contributed by atoms with E-state index >= 15 is 0 Å². The number of aromatic amines is 1. The first-order chi connectivity index (χ1) is 7.84. The molecule has 0 amide bonds. The molecular weight excluding hydrogens is 200 g/mol. The van der Waals surface area contributed by atoms with Crippen molar-refractivity contribution in [1.29, 1.82) is 0 Å². The van der Waals surface area contributed by atoms with Crippen LogP contribution in [0.1, 0.15) is 28.8 Å². The molecule has 1 aromatic heterocycles. The number of aromatic nitrogens is 2. The lowest BCUT2D eigenvalue weighted by molar-refractivity contribution is 0.0972. The SMILES string of the molecule is O=C1CCCc2ccc(-c3cn[nH]c3)cc21. The van der Waals surface area contributed by atoms with Crippen LogP contribution in [0.4, 0.5) is 0 Å². The number of hydrogen-bond acceptors (Lipinski definition) is 2. The number of carbonyl (C=O) groups excluding carboxylic acids is 1. The van der Waals surface area contributed by atoms with Crippen LogP contribution in [0.2, 0.25) is 0 Å². The number of nitrogens with one attached hydrogen (secondary N) is 1.